The number of halogens is 1. The largest absolute Gasteiger partial charge is 0.453 e. The Balaban J connectivity index is 1.63. The molecule has 0 atom stereocenters. The predicted molar refractivity (Wildman–Crippen MR) is 106 cm³/mol. The quantitative estimate of drug-likeness (QED) is 0.612. The van der Waals surface area contributed by atoms with Crippen molar-refractivity contribution in [3.8, 4) is 0 Å². The number of benzene rings is 2. The number of hydrogen-bond acceptors (Lipinski definition) is 3. The van der Waals surface area contributed by atoms with E-state index in [-0.39, 0.29) is 5.91 Å². The van der Waals surface area contributed by atoms with Gasteiger partial charge in [0.15, 0.2) is 0 Å². The summed E-state index contributed by atoms with van der Waals surface area (Å²) in [6.07, 6.45) is 2.86. The number of carbonyl (C=O) groups is 2. The molecule has 0 aliphatic rings. The zero-order valence-electron chi connectivity index (χ0n) is 14.8. The van der Waals surface area contributed by atoms with Gasteiger partial charge in [0.2, 0.25) is 5.91 Å². The first kappa shape index (κ1) is 20.0. The van der Waals surface area contributed by atoms with Gasteiger partial charge < -0.3 is 10.1 Å². The molecule has 0 saturated carbocycles. The fourth-order valence-electron chi connectivity index (χ4n) is 2.43. The van der Waals surface area contributed by atoms with E-state index >= 15 is 0 Å². The first-order chi connectivity index (χ1) is 12.6. The fourth-order valence-corrected chi connectivity index (χ4v) is 2.69. The molecular formula is C20H23BrN2O3. The van der Waals surface area contributed by atoms with E-state index in [1.807, 2.05) is 24.3 Å². The zero-order chi connectivity index (χ0) is 18.8. The summed E-state index contributed by atoms with van der Waals surface area (Å²) in [6.45, 7) is 0.476. The average Bonchev–Trinajstić information content (AvgIpc) is 2.66. The number of rotatable bonds is 8. The summed E-state index contributed by atoms with van der Waals surface area (Å²) in [7, 11) is 1.32. The number of carbonyl (C=O) groups excluding carboxylic acids is 2. The summed E-state index contributed by atoms with van der Waals surface area (Å²) in [6, 6.07) is 15.5. The van der Waals surface area contributed by atoms with Gasteiger partial charge in [0.25, 0.3) is 0 Å². The van der Waals surface area contributed by atoms with Crippen LogP contribution in [-0.4, -0.2) is 19.1 Å². The summed E-state index contributed by atoms with van der Waals surface area (Å²) in [5.74, 6) is 0.0533. The highest BCUT2D eigenvalue weighted by Gasteiger charge is 2.03. The van der Waals surface area contributed by atoms with Crippen molar-refractivity contribution in [3.63, 3.8) is 0 Å². The van der Waals surface area contributed by atoms with Crippen molar-refractivity contribution in [2.24, 2.45) is 0 Å². The average molecular weight is 419 g/mol. The molecule has 0 radical (unpaired) electrons. The Labute approximate surface area is 162 Å². The molecule has 2 aromatic rings. The number of aryl methyl sites for hydroxylation is 1. The van der Waals surface area contributed by atoms with Crippen LogP contribution in [0.4, 0.5) is 10.5 Å². The van der Waals surface area contributed by atoms with Crippen LogP contribution < -0.4 is 10.6 Å². The molecule has 26 heavy (non-hydrogen) atoms. The molecule has 0 heterocycles. The second kappa shape index (κ2) is 10.6. The summed E-state index contributed by atoms with van der Waals surface area (Å²) >= 11 is 3.42. The minimum atomic E-state index is -0.505. The van der Waals surface area contributed by atoms with Crippen LogP contribution in [0, 0.1) is 0 Å². The lowest BCUT2D eigenvalue weighted by atomic mass is 10.1. The Kier molecular flexibility index (Phi) is 8.15. The molecular weight excluding hydrogens is 396 g/mol. The van der Waals surface area contributed by atoms with Crippen molar-refractivity contribution in [1.82, 2.24) is 5.32 Å². The van der Waals surface area contributed by atoms with Crippen molar-refractivity contribution in [3.05, 3.63) is 64.1 Å². The Bertz CT molecular complexity index is 715. The molecule has 5 nitrogen and oxygen atoms in total. The molecule has 0 aliphatic carbocycles. The lowest BCUT2D eigenvalue weighted by Gasteiger charge is -2.07. The van der Waals surface area contributed by atoms with Crippen LogP contribution in [0.2, 0.25) is 0 Å². The van der Waals surface area contributed by atoms with Crippen molar-refractivity contribution in [1.29, 1.82) is 0 Å². The van der Waals surface area contributed by atoms with Crippen LogP contribution >= 0.6 is 15.9 Å². The van der Waals surface area contributed by atoms with Gasteiger partial charge in [-0.1, -0.05) is 40.2 Å². The highest BCUT2D eigenvalue weighted by molar-refractivity contribution is 9.10. The first-order valence-electron chi connectivity index (χ1n) is 8.52. The van der Waals surface area contributed by atoms with Gasteiger partial charge in [-0.15, -0.1) is 0 Å². The van der Waals surface area contributed by atoms with Crippen LogP contribution in [0.15, 0.2) is 53.0 Å². The van der Waals surface area contributed by atoms with Crippen molar-refractivity contribution >= 4 is 33.6 Å². The van der Waals surface area contributed by atoms with E-state index in [2.05, 4.69) is 43.4 Å². The van der Waals surface area contributed by atoms with Gasteiger partial charge in [0.1, 0.15) is 0 Å². The Morgan fingerprint density at radius 2 is 1.62 bits per heavy atom. The number of amides is 2. The van der Waals surface area contributed by atoms with E-state index in [0.29, 0.717) is 18.7 Å². The molecule has 2 amide bonds. The molecule has 138 valence electrons. The van der Waals surface area contributed by atoms with Crippen molar-refractivity contribution < 1.29 is 14.3 Å². The predicted octanol–water partition coefficient (Wildman–Crippen LogP) is 4.66. The summed E-state index contributed by atoms with van der Waals surface area (Å²) in [5.41, 5.74) is 2.91. The number of methoxy groups -OCH3 is 1. The molecule has 0 aromatic heterocycles. The van der Waals surface area contributed by atoms with Crippen molar-refractivity contribution in [2.45, 2.75) is 32.2 Å². The normalized spacial score (nSPS) is 10.2. The van der Waals surface area contributed by atoms with E-state index in [4.69, 9.17) is 0 Å². The molecule has 6 heteroatoms. The standard InChI is InChI=1S/C20H23BrN2O3/c1-26-20(25)23-18-12-8-16(9-13-18)14-22-19(24)5-3-2-4-15-6-10-17(21)11-7-15/h6-13H,2-5,14H2,1H3,(H,22,24)(H,23,25). The van der Waals surface area contributed by atoms with Gasteiger partial charge in [0, 0.05) is 23.1 Å². The highest BCUT2D eigenvalue weighted by atomic mass is 79.9. The van der Waals surface area contributed by atoms with Crippen LogP contribution in [0.25, 0.3) is 0 Å². The molecule has 2 N–H and O–H groups in total. The lowest BCUT2D eigenvalue weighted by Crippen LogP contribution is -2.22. The van der Waals surface area contributed by atoms with Gasteiger partial charge >= 0.3 is 6.09 Å². The molecule has 0 spiro atoms. The Morgan fingerprint density at radius 3 is 2.27 bits per heavy atom. The van der Waals surface area contributed by atoms with Gasteiger partial charge in [-0.25, -0.2) is 4.79 Å². The van der Waals surface area contributed by atoms with Gasteiger partial charge in [0.05, 0.1) is 7.11 Å². The molecule has 0 fully saturated rings. The third-order valence-electron chi connectivity index (χ3n) is 3.91. The van der Waals surface area contributed by atoms with E-state index in [1.165, 1.54) is 12.7 Å². The number of ether oxygens (including phenoxy) is 1. The SMILES string of the molecule is COC(=O)Nc1ccc(CNC(=O)CCCCc2ccc(Br)cc2)cc1. The minimum Gasteiger partial charge on any atom is -0.453 e. The number of unbranched alkanes of at least 4 members (excludes halogenated alkanes) is 1. The third-order valence-corrected chi connectivity index (χ3v) is 4.44. The maximum Gasteiger partial charge on any atom is 0.411 e. The highest BCUT2D eigenvalue weighted by Crippen LogP contribution is 2.13. The molecule has 0 bridgehead atoms. The maximum absolute atomic E-state index is 11.9. The Morgan fingerprint density at radius 1 is 0.962 bits per heavy atom. The number of nitrogens with one attached hydrogen (secondary N) is 2. The van der Waals surface area contributed by atoms with Crippen LogP contribution in [-0.2, 0) is 22.5 Å². The van der Waals surface area contributed by atoms with E-state index in [9.17, 15) is 9.59 Å². The van der Waals surface area contributed by atoms with Gasteiger partial charge in [-0.05, 0) is 54.7 Å². The second-order valence-corrected chi connectivity index (χ2v) is 6.84. The fraction of sp³-hybridized carbons (Fsp3) is 0.300. The zero-order valence-corrected chi connectivity index (χ0v) is 16.3. The summed E-state index contributed by atoms with van der Waals surface area (Å²) in [5, 5.41) is 5.50. The van der Waals surface area contributed by atoms with Crippen molar-refractivity contribution in [2.75, 3.05) is 12.4 Å². The number of anilines is 1. The number of hydrogen-bond donors (Lipinski definition) is 2. The van der Waals surface area contributed by atoms with Crippen LogP contribution in [0.1, 0.15) is 30.4 Å². The molecule has 0 aliphatic heterocycles. The monoisotopic (exact) mass is 418 g/mol. The summed E-state index contributed by atoms with van der Waals surface area (Å²) in [4.78, 5) is 23.1. The maximum atomic E-state index is 11.9. The first-order valence-corrected chi connectivity index (χ1v) is 9.31. The van der Waals surface area contributed by atoms with Gasteiger partial charge in [-0.2, -0.15) is 0 Å². The lowest BCUT2D eigenvalue weighted by molar-refractivity contribution is -0.121. The van der Waals surface area contributed by atoms with E-state index < -0.39 is 6.09 Å². The van der Waals surface area contributed by atoms with E-state index in [0.717, 1.165) is 29.3 Å². The van der Waals surface area contributed by atoms with Crippen LogP contribution in [0.5, 0.6) is 0 Å². The van der Waals surface area contributed by atoms with Gasteiger partial charge in [-0.3, -0.25) is 10.1 Å². The molecule has 2 aromatic carbocycles. The smallest absolute Gasteiger partial charge is 0.411 e. The topological polar surface area (TPSA) is 67.4 Å². The third kappa shape index (κ3) is 7.27. The molecule has 0 saturated heterocycles. The Hall–Kier alpha value is -2.34. The second-order valence-electron chi connectivity index (χ2n) is 5.92. The van der Waals surface area contributed by atoms with E-state index in [1.54, 1.807) is 12.1 Å². The summed E-state index contributed by atoms with van der Waals surface area (Å²) < 4.78 is 5.61. The van der Waals surface area contributed by atoms with Crippen LogP contribution in [0.3, 0.4) is 0 Å². The molecule has 0 unspecified atom stereocenters. The molecule has 2 rings (SSSR count). The minimum absolute atomic E-state index is 0.0533.